The van der Waals surface area contributed by atoms with E-state index in [1.54, 1.807) is 11.3 Å². The van der Waals surface area contributed by atoms with E-state index < -0.39 is 6.17 Å². The molecule has 1 aliphatic heterocycles. The van der Waals surface area contributed by atoms with Gasteiger partial charge in [0.25, 0.3) is 5.91 Å². The first kappa shape index (κ1) is 16.9. The van der Waals surface area contributed by atoms with Gasteiger partial charge in [0.2, 0.25) is 0 Å². The molecule has 0 spiro atoms. The molecule has 2 heterocycles. The van der Waals surface area contributed by atoms with E-state index in [1.165, 1.54) is 10.4 Å². The average molecular weight is 566 g/mol. The highest BCUT2D eigenvalue weighted by Gasteiger charge is 2.34. The van der Waals surface area contributed by atoms with E-state index in [9.17, 15) is 9.90 Å². The first-order valence-electron chi connectivity index (χ1n) is 7.84. The summed E-state index contributed by atoms with van der Waals surface area (Å²) in [5.74, 6) is 0.874. The predicted octanol–water partition coefficient (Wildman–Crippen LogP) is 4.64. The molecular weight excluding hydrogens is 550 g/mol. The van der Waals surface area contributed by atoms with Gasteiger partial charge in [0.05, 0.1) is 9.13 Å². The van der Waals surface area contributed by atoms with Crippen molar-refractivity contribution in [3.8, 4) is 5.75 Å². The Morgan fingerprint density at radius 2 is 2.08 bits per heavy atom. The van der Waals surface area contributed by atoms with Crippen LogP contribution in [0.15, 0.2) is 12.1 Å². The summed E-state index contributed by atoms with van der Waals surface area (Å²) in [6.45, 7) is 2.27. The molecule has 0 bridgehead atoms. The van der Waals surface area contributed by atoms with E-state index in [4.69, 9.17) is 0 Å². The second-order valence-corrected chi connectivity index (χ2v) is 9.95. The summed E-state index contributed by atoms with van der Waals surface area (Å²) in [7, 11) is 0. The van der Waals surface area contributed by atoms with Gasteiger partial charge in [-0.05, 0) is 88.1 Å². The molecule has 1 aliphatic carbocycles. The predicted molar refractivity (Wildman–Crippen MR) is 113 cm³/mol. The fourth-order valence-electron chi connectivity index (χ4n) is 3.42. The van der Waals surface area contributed by atoms with E-state index in [0.29, 0.717) is 11.5 Å². The Bertz CT molecular complexity index is 850. The number of hydrogen-bond acceptors (Lipinski definition) is 4. The van der Waals surface area contributed by atoms with E-state index in [2.05, 4.69) is 62.7 Å². The Labute approximate surface area is 171 Å². The SMILES string of the molecule is CC1CCc2c(sc3c2C(=O)NC(c2cc(I)cc(I)c2O)N3)C1. The number of nitrogens with one attached hydrogen (secondary N) is 2. The number of phenols is 1. The van der Waals surface area contributed by atoms with Gasteiger partial charge in [0, 0.05) is 14.0 Å². The minimum absolute atomic E-state index is 0.0333. The Kier molecular flexibility index (Phi) is 4.44. The molecule has 4 nitrogen and oxygen atoms in total. The number of amides is 1. The molecule has 0 radical (unpaired) electrons. The third-order valence-electron chi connectivity index (χ3n) is 4.66. The topological polar surface area (TPSA) is 61.4 Å². The molecular formula is C17H16I2N2O2S. The molecule has 1 aromatic carbocycles. The second kappa shape index (κ2) is 6.31. The number of fused-ring (bicyclic) bond motifs is 3. The van der Waals surface area contributed by atoms with E-state index >= 15 is 0 Å². The smallest absolute Gasteiger partial charge is 0.256 e. The van der Waals surface area contributed by atoms with Crippen molar-refractivity contribution in [3.05, 3.63) is 40.8 Å². The van der Waals surface area contributed by atoms with Gasteiger partial charge in [-0.25, -0.2) is 0 Å². The maximum atomic E-state index is 12.7. The standard InChI is InChI=1S/C17H16I2N2O2S/c1-7-2-3-9-12(4-7)24-17-13(9)16(23)20-15(21-17)10-5-8(18)6-11(19)14(10)22/h5-7,15,21-22H,2-4H2,1H3,(H,20,23). The van der Waals surface area contributed by atoms with Crippen LogP contribution in [0.25, 0.3) is 0 Å². The number of hydrogen-bond donors (Lipinski definition) is 3. The number of carbonyl (C=O) groups is 1. The molecule has 0 saturated heterocycles. The zero-order valence-corrected chi connectivity index (χ0v) is 18.1. The van der Waals surface area contributed by atoms with Crippen LogP contribution in [-0.4, -0.2) is 11.0 Å². The molecule has 4 rings (SSSR count). The number of aromatic hydroxyl groups is 1. The van der Waals surface area contributed by atoms with Crippen LogP contribution in [0.5, 0.6) is 5.75 Å². The lowest BCUT2D eigenvalue weighted by molar-refractivity contribution is 0.0935. The normalized spacial score (nSPS) is 22.4. The lowest BCUT2D eigenvalue weighted by Gasteiger charge is -2.28. The van der Waals surface area contributed by atoms with Crippen LogP contribution >= 0.6 is 56.5 Å². The molecule has 1 amide bonds. The molecule has 1 aromatic heterocycles. The largest absolute Gasteiger partial charge is 0.506 e. The van der Waals surface area contributed by atoms with Crippen LogP contribution in [-0.2, 0) is 12.8 Å². The number of benzene rings is 1. The molecule has 2 aromatic rings. The van der Waals surface area contributed by atoms with Gasteiger partial charge in [-0.2, -0.15) is 0 Å². The van der Waals surface area contributed by atoms with Crippen molar-refractivity contribution in [1.29, 1.82) is 0 Å². The number of carbonyl (C=O) groups excluding carboxylic acids is 1. The Balaban J connectivity index is 1.74. The molecule has 0 fully saturated rings. The van der Waals surface area contributed by atoms with E-state index in [0.717, 1.165) is 37.0 Å². The molecule has 3 N–H and O–H groups in total. The fourth-order valence-corrected chi connectivity index (χ4v) is 6.75. The van der Waals surface area contributed by atoms with Crippen molar-refractivity contribution in [1.82, 2.24) is 5.32 Å². The maximum Gasteiger partial charge on any atom is 0.256 e. The lowest BCUT2D eigenvalue weighted by atomic mass is 9.88. The Hall–Kier alpha value is -0.550. The first-order chi connectivity index (χ1) is 11.4. The molecule has 0 saturated carbocycles. The van der Waals surface area contributed by atoms with Crippen LogP contribution < -0.4 is 10.6 Å². The summed E-state index contributed by atoms with van der Waals surface area (Å²) < 4.78 is 1.82. The zero-order chi connectivity index (χ0) is 17.0. The third kappa shape index (κ3) is 2.82. The number of rotatable bonds is 1. The van der Waals surface area contributed by atoms with Crippen LogP contribution in [0.1, 0.15) is 45.9 Å². The number of thiophene rings is 1. The summed E-state index contributed by atoms with van der Waals surface area (Å²) in [5, 5.41) is 17.8. The van der Waals surface area contributed by atoms with Crippen molar-refractivity contribution in [2.75, 3.05) is 5.32 Å². The second-order valence-electron chi connectivity index (χ2n) is 6.43. The monoisotopic (exact) mass is 566 g/mol. The molecule has 126 valence electrons. The Morgan fingerprint density at radius 1 is 1.29 bits per heavy atom. The van der Waals surface area contributed by atoms with Crippen LogP contribution in [0, 0.1) is 13.1 Å². The highest BCUT2D eigenvalue weighted by atomic mass is 127. The number of halogens is 2. The van der Waals surface area contributed by atoms with Gasteiger partial charge < -0.3 is 15.7 Å². The summed E-state index contributed by atoms with van der Waals surface area (Å²) in [5.41, 5.74) is 2.75. The quantitative estimate of drug-likeness (QED) is 0.441. The van der Waals surface area contributed by atoms with Crippen LogP contribution in [0.3, 0.4) is 0 Å². The van der Waals surface area contributed by atoms with Crippen LogP contribution in [0.4, 0.5) is 5.00 Å². The van der Waals surface area contributed by atoms with Crippen molar-refractivity contribution < 1.29 is 9.90 Å². The summed E-state index contributed by atoms with van der Waals surface area (Å²) in [6.07, 6.45) is 2.78. The number of phenolic OH excluding ortho intramolecular Hbond substituents is 1. The molecule has 24 heavy (non-hydrogen) atoms. The highest BCUT2D eigenvalue weighted by Crippen LogP contribution is 2.43. The fraction of sp³-hybridized carbons (Fsp3) is 0.353. The van der Waals surface area contributed by atoms with Crippen molar-refractivity contribution in [2.24, 2.45) is 5.92 Å². The van der Waals surface area contributed by atoms with E-state index in [1.807, 2.05) is 12.1 Å². The van der Waals surface area contributed by atoms with Crippen LogP contribution in [0.2, 0.25) is 0 Å². The van der Waals surface area contributed by atoms with Gasteiger partial charge in [0.1, 0.15) is 16.9 Å². The Morgan fingerprint density at radius 3 is 2.88 bits per heavy atom. The molecule has 2 unspecified atom stereocenters. The van der Waals surface area contributed by atoms with Gasteiger partial charge in [-0.1, -0.05) is 6.92 Å². The average Bonchev–Trinajstić information content (AvgIpc) is 2.88. The molecule has 2 aliphatic rings. The van der Waals surface area contributed by atoms with Crippen molar-refractivity contribution in [3.63, 3.8) is 0 Å². The van der Waals surface area contributed by atoms with Gasteiger partial charge in [-0.3, -0.25) is 4.79 Å². The summed E-state index contributed by atoms with van der Waals surface area (Å²) >= 11 is 6.04. The minimum Gasteiger partial charge on any atom is -0.506 e. The zero-order valence-electron chi connectivity index (χ0n) is 13.0. The van der Waals surface area contributed by atoms with Gasteiger partial charge >= 0.3 is 0 Å². The minimum atomic E-state index is -0.397. The van der Waals surface area contributed by atoms with E-state index in [-0.39, 0.29) is 11.7 Å². The van der Waals surface area contributed by atoms with Crippen molar-refractivity contribution >= 4 is 67.4 Å². The lowest BCUT2D eigenvalue weighted by Crippen LogP contribution is -2.38. The first-order valence-corrected chi connectivity index (χ1v) is 10.8. The summed E-state index contributed by atoms with van der Waals surface area (Å²) in [6, 6.07) is 3.83. The van der Waals surface area contributed by atoms with Gasteiger partial charge in [0.15, 0.2) is 0 Å². The number of anilines is 1. The van der Waals surface area contributed by atoms with Crippen molar-refractivity contribution in [2.45, 2.75) is 32.4 Å². The third-order valence-corrected chi connectivity index (χ3v) is 7.29. The summed E-state index contributed by atoms with van der Waals surface area (Å²) in [4.78, 5) is 14.1. The molecule has 7 heteroatoms. The maximum absolute atomic E-state index is 12.7. The molecule has 2 atom stereocenters. The highest BCUT2D eigenvalue weighted by molar-refractivity contribution is 14.1. The van der Waals surface area contributed by atoms with Gasteiger partial charge in [-0.15, -0.1) is 11.3 Å².